The van der Waals surface area contributed by atoms with Gasteiger partial charge in [0, 0.05) is 30.0 Å². The van der Waals surface area contributed by atoms with E-state index in [9.17, 15) is 13.2 Å². The average Bonchev–Trinajstić information content (AvgIpc) is 2.54. The SMILES string of the molecule is O=C(NCCS(=O)(=O)NCc1cccnc1)c1ccccc1Br. The van der Waals surface area contributed by atoms with E-state index < -0.39 is 10.0 Å². The van der Waals surface area contributed by atoms with E-state index in [0.29, 0.717) is 10.0 Å². The number of rotatable bonds is 7. The van der Waals surface area contributed by atoms with Gasteiger partial charge in [-0.25, -0.2) is 13.1 Å². The van der Waals surface area contributed by atoms with Crippen LogP contribution in [0.15, 0.2) is 53.3 Å². The molecule has 0 fully saturated rings. The molecular weight excluding hydrogens is 382 g/mol. The van der Waals surface area contributed by atoms with Crippen LogP contribution in [0.1, 0.15) is 15.9 Å². The first-order valence-corrected chi connectivity index (χ1v) is 9.31. The van der Waals surface area contributed by atoms with Crippen molar-refractivity contribution >= 4 is 31.9 Å². The molecule has 1 aromatic heterocycles. The number of sulfonamides is 1. The number of nitrogens with one attached hydrogen (secondary N) is 2. The van der Waals surface area contributed by atoms with Gasteiger partial charge in [0.05, 0.1) is 11.3 Å². The number of amides is 1. The van der Waals surface area contributed by atoms with Crippen molar-refractivity contribution in [2.75, 3.05) is 12.3 Å². The zero-order chi connectivity index (χ0) is 16.7. The smallest absolute Gasteiger partial charge is 0.252 e. The first-order chi connectivity index (χ1) is 11.0. The first-order valence-electron chi connectivity index (χ1n) is 6.87. The van der Waals surface area contributed by atoms with Crippen LogP contribution in [-0.2, 0) is 16.6 Å². The topological polar surface area (TPSA) is 88.2 Å². The first kappa shape index (κ1) is 17.6. The van der Waals surface area contributed by atoms with Crippen molar-refractivity contribution in [1.29, 1.82) is 0 Å². The molecular formula is C15H16BrN3O3S. The summed E-state index contributed by atoms with van der Waals surface area (Å²) in [6.45, 7) is 0.205. The molecule has 6 nitrogen and oxygen atoms in total. The van der Waals surface area contributed by atoms with Crippen LogP contribution in [0, 0.1) is 0 Å². The summed E-state index contributed by atoms with van der Waals surface area (Å²) in [5.41, 5.74) is 1.24. The highest BCUT2D eigenvalue weighted by atomic mass is 79.9. The molecule has 0 saturated heterocycles. The second kappa shape index (κ2) is 8.19. The Morgan fingerprint density at radius 2 is 1.96 bits per heavy atom. The predicted octanol–water partition coefficient (Wildman–Crippen LogP) is 1.69. The van der Waals surface area contributed by atoms with Crippen molar-refractivity contribution in [2.45, 2.75) is 6.54 Å². The number of hydrogen-bond donors (Lipinski definition) is 2. The summed E-state index contributed by atoms with van der Waals surface area (Å²) >= 11 is 3.28. The Hall–Kier alpha value is -1.77. The van der Waals surface area contributed by atoms with Gasteiger partial charge in [-0.15, -0.1) is 0 Å². The molecule has 2 N–H and O–H groups in total. The second-order valence-corrected chi connectivity index (χ2v) is 7.52. The molecule has 23 heavy (non-hydrogen) atoms. The van der Waals surface area contributed by atoms with Gasteiger partial charge in [-0.2, -0.15) is 0 Å². The maximum Gasteiger partial charge on any atom is 0.252 e. The normalized spacial score (nSPS) is 11.2. The Kier molecular flexibility index (Phi) is 6.26. The lowest BCUT2D eigenvalue weighted by molar-refractivity contribution is 0.0955. The predicted molar refractivity (Wildman–Crippen MR) is 91.3 cm³/mol. The average molecular weight is 398 g/mol. The fourth-order valence-corrected chi connectivity index (χ4v) is 3.17. The zero-order valence-corrected chi connectivity index (χ0v) is 14.6. The molecule has 0 aliphatic carbocycles. The lowest BCUT2D eigenvalue weighted by atomic mass is 10.2. The van der Waals surface area contributed by atoms with Crippen molar-refractivity contribution in [1.82, 2.24) is 15.0 Å². The van der Waals surface area contributed by atoms with Crippen LogP contribution in [0.4, 0.5) is 0 Å². The molecule has 2 rings (SSSR count). The lowest BCUT2D eigenvalue weighted by Crippen LogP contribution is -2.34. The third-order valence-corrected chi connectivity index (χ3v) is 5.01. The number of nitrogens with zero attached hydrogens (tertiary/aromatic N) is 1. The molecule has 8 heteroatoms. The van der Waals surface area contributed by atoms with Crippen molar-refractivity contribution in [3.63, 3.8) is 0 Å². The van der Waals surface area contributed by atoms with E-state index in [1.165, 1.54) is 0 Å². The highest BCUT2D eigenvalue weighted by molar-refractivity contribution is 9.10. The van der Waals surface area contributed by atoms with Gasteiger partial charge < -0.3 is 5.32 Å². The van der Waals surface area contributed by atoms with Gasteiger partial charge in [0.2, 0.25) is 10.0 Å². The molecule has 2 aromatic rings. The summed E-state index contributed by atoms with van der Waals surface area (Å²) < 4.78 is 26.9. The second-order valence-electron chi connectivity index (χ2n) is 4.74. The van der Waals surface area contributed by atoms with Gasteiger partial charge in [0.1, 0.15) is 0 Å². The quantitative estimate of drug-likeness (QED) is 0.743. The van der Waals surface area contributed by atoms with Crippen molar-refractivity contribution in [3.05, 3.63) is 64.4 Å². The largest absolute Gasteiger partial charge is 0.351 e. The summed E-state index contributed by atoms with van der Waals surface area (Å²) in [5, 5.41) is 2.59. The Labute approximate surface area is 143 Å². The number of pyridine rings is 1. The van der Waals surface area contributed by atoms with E-state index >= 15 is 0 Å². The zero-order valence-electron chi connectivity index (χ0n) is 12.2. The Morgan fingerprint density at radius 3 is 2.65 bits per heavy atom. The molecule has 122 valence electrons. The summed E-state index contributed by atoms with van der Waals surface area (Å²) in [4.78, 5) is 15.9. The van der Waals surface area contributed by atoms with E-state index in [4.69, 9.17) is 0 Å². The molecule has 0 atom stereocenters. The van der Waals surface area contributed by atoms with E-state index in [2.05, 4.69) is 31.0 Å². The molecule has 1 amide bonds. The maximum absolute atomic E-state index is 12.0. The fourth-order valence-electron chi connectivity index (χ4n) is 1.81. The molecule has 0 radical (unpaired) electrons. The molecule has 1 aromatic carbocycles. The number of halogens is 1. The Balaban J connectivity index is 1.81. The highest BCUT2D eigenvalue weighted by Crippen LogP contribution is 2.15. The number of carbonyl (C=O) groups excluding carboxylic acids is 1. The van der Waals surface area contributed by atoms with Crippen molar-refractivity contribution in [2.24, 2.45) is 0 Å². The van der Waals surface area contributed by atoms with Crippen LogP contribution in [-0.4, -0.2) is 31.6 Å². The summed E-state index contributed by atoms with van der Waals surface area (Å²) in [6, 6.07) is 10.5. The van der Waals surface area contributed by atoms with Crippen LogP contribution in [0.3, 0.4) is 0 Å². The fraction of sp³-hybridized carbons (Fsp3) is 0.200. The van der Waals surface area contributed by atoms with Gasteiger partial charge in [-0.1, -0.05) is 18.2 Å². The van der Waals surface area contributed by atoms with Gasteiger partial charge >= 0.3 is 0 Å². The number of hydrogen-bond acceptors (Lipinski definition) is 4. The maximum atomic E-state index is 12.0. The van der Waals surface area contributed by atoms with Crippen LogP contribution in [0.2, 0.25) is 0 Å². The standard InChI is InChI=1S/C15H16BrN3O3S/c16-14-6-2-1-5-13(14)15(20)18-8-9-23(21,22)19-11-12-4-3-7-17-10-12/h1-7,10,19H,8-9,11H2,(H,18,20). The van der Waals surface area contributed by atoms with E-state index in [1.807, 2.05) is 0 Å². The van der Waals surface area contributed by atoms with E-state index in [0.717, 1.165) is 5.56 Å². The number of benzene rings is 1. The van der Waals surface area contributed by atoms with Gasteiger partial charge in [0.25, 0.3) is 5.91 Å². The number of carbonyl (C=O) groups is 1. The van der Waals surface area contributed by atoms with Gasteiger partial charge in [0.15, 0.2) is 0 Å². The molecule has 0 unspecified atom stereocenters. The van der Waals surface area contributed by atoms with E-state index in [-0.39, 0.29) is 24.7 Å². The summed E-state index contributed by atoms with van der Waals surface area (Å²) in [5.74, 6) is -0.511. The van der Waals surface area contributed by atoms with Crippen LogP contribution in [0.5, 0.6) is 0 Å². The molecule has 0 spiro atoms. The minimum Gasteiger partial charge on any atom is -0.351 e. The monoisotopic (exact) mass is 397 g/mol. The van der Waals surface area contributed by atoms with Crippen molar-refractivity contribution in [3.8, 4) is 0 Å². The minimum absolute atomic E-state index is 0.0303. The lowest BCUT2D eigenvalue weighted by Gasteiger charge is -2.09. The van der Waals surface area contributed by atoms with Crippen LogP contribution >= 0.6 is 15.9 Å². The molecule has 0 saturated carbocycles. The molecule has 1 heterocycles. The van der Waals surface area contributed by atoms with Gasteiger partial charge in [-0.3, -0.25) is 9.78 Å². The third-order valence-electron chi connectivity index (χ3n) is 2.99. The minimum atomic E-state index is -3.47. The Bertz CT molecular complexity index is 767. The van der Waals surface area contributed by atoms with E-state index in [1.54, 1.807) is 48.8 Å². The molecule has 0 aliphatic heterocycles. The molecule has 0 aliphatic rings. The number of aromatic nitrogens is 1. The third kappa shape index (κ3) is 5.74. The van der Waals surface area contributed by atoms with Crippen LogP contribution in [0.25, 0.3) is 0 Å². The van der Waals surface area contributed by atoms with Gasteiger partial charge in [-0.05, 0) is 39.7 Å². The molecule has 0 bridgehead atoms. The highest BCUT2D eigenvalue weighted by Gasteiger charge is 2.13. The Morgan fingerprint density at radius 1 is 1.17 bits per heavy atom. The summed E-state index contributed by atoms with van der Waals surface area (Å²) in [6.07, 6.45) is 3.21. The van der Waals surface area contributed by atoms with Crippen LogP contribution < -0.4 is 10.0 Å². The summed E-state index contributed by atoms with van der Waals surface area (Å²) in [7, 11) is -3.47. The van der Waals surface area contributed by atoms with Crippen molar-refractivity contribution < 1.29 is 13.2 Å².